The van der Waals surface area contributed by atoms with E-state index < -0.39 is 5.60 Å². The summed E-state index contributed by atoms with van der Waals surface area (Å²) in [6, 6.07) is 1.90. The molecule has 1 aliphatic rings. The highest BCUT2D eigenvalue weighted by molar-refractivity contribution is 6.28. The van der Waals surface area contributed by atoms with Gasteiger partial charge >= 0.3 is 6.09 Å². The van der Waals surface area contributed by atoms with E-state index in [0.717, 1.165) is 6.42 Å². The molecule has 0 bridgehead atoms. The van der Waals surface area contributed by atoms with Crippen molar-refractivity contribution >= 4 is 23.5 Å². The Morgan fingerprint density at radius 3 is 2.95 bits per heavy atom. The number of amides is 1. The second-order valence-electron chi connectivity index (χ2n) is 5.77. The molecule has 0 aliphatic carbocycles. The van der Waals surface area contributed by atoms with Crippen molar-refractivity contribution in [3.05, 3.63) is 17.5 Å². The summed E-state index contributed by atoms with van der Waals surface area (Å²) in [4.78, 5) is 21.5. The van der Waals surface area contributed by atoms with Crippen LogP contribution in [0.1, 0.15) is 27.2 Å². The van der Waals surface area contributed by atoms with Crippen LogP contribution < -0.4 is 5.32 Å². The highest BCUT2D eigenvalue weighted by Crippen LogP contribution is 2.18. The molecule has 20 heavy (non-hydrogen) atoms. The van der Waals surface area contributed by atoms with Crippen LogP contribution in [0, 0.1) is 0 Å². The summed E-state index contributed by atoms with van der Waals surface area (Å²) in [6.07, 6.45) is 2.17. The van der Waals surface area contributed by atoms with Crippen LogP contribution in [0.2, 0.25) is 5.28 Å². The van der Waals surface area contributed by atoms with Gasteiger partial charge in [-0.15, -0.1) is 0 Å². The third kappa shape index (κ3) is 4.23. The van der Waals surface area contributed by atoms with Crippen LogP contribution in [0.4, 0.5) is 10.6 Å². The maximum atomic E-state index is 11.9. The minimum Gasteiger partial charge on any atom is -0.444 e. The molecule has 7 heteroatoms. The number of aromatic nitrogens is 2. The minimum absolute atomic E-state index is 0.147. The highest BCUT2D eigenvalue weighted by Gasteiger charge is 2.29. The Labute approximate surface area is 123 Å². The molecular weight excluding hydrogens is 280 g/mol. The van der Waals surface area contributed by atoms with Gasteiger partial charge in [0.2, 0.25) is 5.28 Å². The van der Waals surface area contributed by atoms with Gasteiger partial charge in [0.25, 0.3) is 0 Å². The number of rotatable bonds is 2. The fourth-order valence-electron chi connectivity index (χ4n) is 1.99. The number of nitrogens with zero attached hydrogens (tertiary/aromatic N) is 3. The standard InChI is InChI=1S/C13H19ClN4O2/c1-13(2,3)20-12(19)18-7-5-9(8-18)16-10-4-6-15-11(14)17-10/h4,6,9H,5,7-8H2,1-3H3,(H,15,16,17)/t9-/m1/s1. The Morgan fingerprint density at radius 1 is 1.55 bits per heavy atom. The van der Waals surface area contributed by atoms with Crippen LogP contribution in [0.3, 0.4) is 0 Å². The van der Waals surface area contributed by atoms with E-state index in [1.165, 1.54) is 0 Å². The fraction of sp³-hybridized carbons (Fsp3) is 0.615. The number of anilines is 1. The topological polar surface area (TPSA) is 67.3 Å². The lowest BCUT2D eigenvalue weighted by Gasteiger charge is -2.24. The van der Waals surface area contributed by atoms with Gasteiger partial charge < -0.3 is 15.0 Å². The number of hydrogen-bond donors (Lipinski definition) is 1. The molecule has 2 heterocycles. The fourth-order valence-corrected chi connectivity index (χ4v) is 2.14. The predicted molar refractivity (Wildman–Crippen MR) is 76.9 cm³/mol. The first-order valence-electron chi connectivity index (χ1n) is 6.56. The second kappa shape index (κ2) is 5.83. The molecule has 6 nitrogen and oxygen atoms in total. The van der Waals surface area contributed by atoms with Gasteiger partial charge in [-0.2, -0.15) is 0 Å². The van der Waals surface area contributed by atoms with Gasteiger partial charge in [-0.25, -0.2) is 14.8 Å². The van der Waals surface area contributed by atoms with Gasteiger partial charge in [-0.1, -0.05) is 0 Å². The number of carbonyl (C=O) groups is 1. The van der Waals surface area contributed by atoms with E-state index in [2.05, 4.69) is 15.3 Å². The molecule has 1 aliphatic heterocycles. The van der Waals surface area contributed by atoms with Crippen molar-refractivity contribution in [3.63, 3.8) is 0 Å². The summed E-state index contributed by atoms with van der Waals surface area (Å²) in [5.41, 5.74) is -0.469. The van der Waals surface area contributed by atoms with Crippen LogP contribution in [0.15, 0.2) is 12.3 Å². The summed E-state index contributed by atoms with van der Waals surface area (Å²) in [5, 5.41) is 3.45. The Balaban J connectivity index is 1.88. The molecular formula is C13H19ClN4O2. The molecule has 0 unspecified atom stereocenters. The summed E-state index contributed by atoms with van der Waals surface area (Å²) in [7, 11) is 0. The first-order valence-corrected chi connectivity index (χ1v) is 6.94. The molecule has 2 rings (SSSR count). The molecule has 1 amide bonds. The molecule has 110 valence electrons. The van der Waals surface area contributed by atoms with Crippen molar-refractivity contribution in [1.82, 2.24) is 14.9 Å². The van der Waals surface area contributed by atoms with Gasteiger partial charge in [-0.05, 0) is 44.9 Å². The zero-order valence-electron chi connectivity index (χ0n) is 11.9. The van der Waals surface area contributed by atoms with Crippen LogP contribution in [0.25, 0.3) is 0 Å². The molecule has 1 aromatic heterocycles. The van der Waals surface area contributed by atoms with Crippen molar-refractivity contribution in [3.8, 4) is 0 Å². The van der Waals surface area contributed by atoms with Crippen molar-refractivity contribution in [2.24, 2.45) is 0 Å². The lowest BCUT2D eigenvalue weighted by Crippen LogP contribution is -2.36. The van der Waals surface area contributed by atoms with E-state index in [1.807, 2.05) is 20.8 Å². The molecule has 1 fully saturated rings. The summed E-state index contributed by atoms with van der Waals surface area (Å²) in [5.74, 6) is 0.668. The largest absolute Gasteiger partial charge is 0.444 e. The monoisotopic (exact) mass is 298 g/mol. The maximum Gasteiger partial charge on any atom is 0.410 e. The van der Waals surface area contributed by atoms with E-state index in [0.29, 0.717) is 18.9 Å². The van der Waals surface area contributed by atoms with E-state index in [9.17, 15) is 4.79 Å². The van der Waals surface area contributed by atoms with Crippen molar-refractivity contribution < 1.29 is 9.53 Å². The molecule has 0 spiro atoms. The van der Waals surface area contributed by atoms with Gasteiger partial charge in [0.1, 0.15) is 11.4 Å². The number of ether oxygens (including phenoxy) is 1. The van der Waals surface area contributed by atoms with E-state index in [1.54, 1.807) is 17.2 Å². The Hall–Kier alpha value is -1.56. The first-order chi connectivity index (χ1) is 9.33. The zero-order chi connectivity index (χ0) is 14.8. The lowest BCUT2D eigenvalue weighted by atomic mass is 10.2. The molecule has 0 saturated carbocycles. The van der Waals surface area contributed by atoms with Gasteiger partial charge in [0.05, 0.1) is 0 Å². The second-order valence-corrected chi connectivity index (χ2v) is 6.11. The van der Waals surface area contributed by atoms with E-state index in [-0.39, 0.29) is 17.4 Å². The third-order valence-electron chi connectivity index (χ3n) is 2.82. The minimum atomic E-state index is -0.469. The van der Waals surface area contributed by atoms with Crippen molar-refractivity contribution in [1.29, 1.82) is 0 Å². The van der Waals surface area contributed by atoms with Crippen molar-refractivity contribution in [2.45, 2.75) is 38.8 Å². The summed E-state index contributed by atoms with van der Waals surface area (Å²) >= 11 is 5.74. The number of nitrogens with one attached hydrogen (secondary N) is 1. The van der Waals surface area contributed by atoms with Crippen LogP contribution in [-0.4, -0.2) is 45.7 Å². The summed E-state index contributed by atoms with van der Waals surface area (Å²) in [6.45, 7) is 6.85. The number of likely N-dealkylation sites (tertiary alicyclic amines) is 1. The van der Waals surface area contributed by atoms with Gasteiger partial charge in [-0.3, -0.25) is 0 Å². The Morgan fingerprint density at radius 2 is 2.30 bits per heavy atom. The average Bonchev–Trinajstić information content (AvgIpc) is 2.75. The number of hydrogen-bond acceptors (Lipinski definition) is 5. The Bertz CT molecular complexity index is 490. The maximum absolute atomic E-state index is 11.9. The van der Waals surface area contributed by atoms with E-state index in [4.69, 9.17) is 16.3 Å². The molecule has 1 saturated heterocycles. The smallest absolute Gasteiger partial charge is 0.410 e. The SMILES string of the molecule is CC(C)(C)OC(=O)N1CC[C@@H](Nc2ccnc(Cl)n2)C1. The zero-order valence-corrected chi connectivity index (χ0v) is 12.6. The van der Waals surface area contributed by atoms with Crippen LogP contribution in [-0.2, 0) is 4.74 Å². The van der Waals surface area contributed by atoms with Crippen LogP contribution in [0.5, 0.6) is 0 Å². The highest BCUT2D eigenvalue weighted by atomic mass is 35.5. The van der Waals surface area contributed by atoms with Crippen molar-refractivity contribution in [2.75, 3.05) is 18.4 Å². The average molecular weight is 299 g/mol. The Kier molecular flexibility index (Phi) is 4.32. The molecule has 0 aromatic carbocycles. The van der Waals surface area contributed by atoms with Gasteiger partial charge in [0.15, 0.2) is 0 Å². The summed E-state index contributed by atoms with van der Waals surface area (Å²) < 4.78 is 5.35. The quantitative estimate of drug-likeness (QED) is 0.850. The predicted octanol–water partition coefficient (Wildman–Crippen LogP) is 2.55. The third-order valence-corrected chi connectivity index (χ3v) is 3.00. The first kappa shape index (κ1) is 14.8. The van der Waals surface area contributed by atoms with Gasteiger partial charge in [0, 0.05) is 25.3 Å². The molecule has 1 N–H and O–H groups in total. The molecule has 1 aromatic rings. The number of halogens is 1. The molecule has 0 radical (unpaired) electrons. The lowest BCUT2D eigenvalue weighted by molar-refractivity contribution is 0.0293. The van der Waals surface area contributed by atoms with E-state index >= 15 is 0 Å². The van der Waals surface area contributed by atoms with Crippen LogP contribution >= 0.6 is 11.6 Å². The molecule has 1 atom stereocenters. The normalized spacial score (nSPS) is 19.0. The number of carbonyl (C=O) groups excluding carboxylic acids is 1.